The van der Waals surface area contributed by atoms with Crippen LogP contribution in [0.1, 0.15) is 51.9 Å². The lowest BCUT2D eigenvalue weighted by atomic mass is 9.99. The fourth-order valence-corrected chi connectivity index (χ4v) is 1.93. The molecule has 1 atom stereocenters. The van der Waals surface area contributed by atoms with Gasteiger partial charge in [0.25, 0.3) is 0 Å². The number of hydrogen-bond acceptors (Lipinski definition) is 1. The van der Waals surface area contributed by atoms with Crippen molar-refractivity contribution in [2.24, 2.45) is 5.92 Å². The van der Waals surface area contributed by atoms with E-state index in [0.29, 0.717) is 0 Å². The van der Waals surface area contributed by atoms with Gasteiger partial charge in [0.15, 0.2) is 0 Å². The Kier molecular flexibility index (Phi) is 3.92. The molecular formula is C10H20O. The molecule has 0 aliphatic heterocycles. The number of aliphatic hydroxyl groups excluding tert-OH is 1. The minimum absolute atomic E-state index is 0.0319. The minimum Gasteiger partial charge on any atom is -0.393 e. The van der Waals surface area contributed by atoms with E-state index in [9.17, 15) is 5.11 Å². The van der Waals surface area contributed by atoms with Gasteiger partial charge in [-0.2, -0.15) is 0 Å². The van der Waals surface area contributed by atoms with Crippen molar-refractivity contribution < 1.29 is 5.11 Å². The van der Waals surface area contributed by atoms with Gasteiger partial charge in [-0.15, -0.1) is 0 Å². The average Bonchev–Trinajstić information content (AvgIpc) is 2.52. The fourth-order valence-electron chi connectivity index (χ4n) is 1.93. The lowest BCUT2D eigenvalue weighted by molar-refractivity contribution is 0.150. The molecule has 1 N–H and O–H groups in total. The molecule has 0 aromatic carbocycles. The standard InChI is InChI=1S/C10H20O/c1-2-10(11)8-7-9-5-3-4-6-9/h9-11H,2-8H2,1H3. The summed E-state index contributed by atoms with van der Waals surface area (Å²) in [6.45, 7) is 2.05. The second kappa shape index (κ2) is 4.76. The highest BCUT2D eigenvalue weighted by Gasteiger charge is 2.15. The molecule has 0 saturated heterocycles. The summed E-state index contributed by atoms with van der Waals surface area (Å²) in [7, 11) is 0. The van der Waals surface area contributed by atoms with Gasteiger partial charge in [0, 0.05) is 0 Å². The molecule has 0 spiro atoms. The van der Waals surface area contributed by atoms with E-state index in [-0.39, 0.29) is 6.10 Å². The second-order valence-electron chi connectivity index (χ2n) is 3.79. The molecule has 0 aromatic heterocycles. The average molecular weight is 156 g/mol. The quantitative estimate of drug-likeness (QED) is 0.663. The van der Waals surface area contributed by atoms with E-state index in [2.05, 4.69) is 6.92 Å². The maximum atomic E-state index is 9.32. The van der Waals surface area contributed by atoms with Crippen molar-refractivity contribution in [3.8, 4) is 0 Å². The Morgan fingerprint density at radius 2 is 2.00 bits per heavy atom. The third-order valence-electron chi connectivity index (χ3n) is 2.85. The van der Waals surface area contributed by atoms with Gasteiger partial charge in [-0.05, 0) is 25.2 Å². The predicted molar refractivity (Wildman–Crippen MR) is 47.5 cm³/mol. The lowest BCUT2D eigenvalue weighted by Gasteiger charge is -2.11. The Bertz CT molecular complexity index is 95.0. The first-order valence-corrected chi connectivity index (χ1v) is 5.01. The van der Waals surface area contributed by atoms with Gasteiger partial charge in [-0.25, -0.2) is 0 Å². The molecule has 0 radical (unpaired) electrons. The second-order valence-corrected chi connectivity index (χ2v) is 3.79. The molecule has 1 aliphatic rings. The summed E-state index contributed by atoms with van der Waals surface area (Å²) < 4.78 is 0. The van der Waals surface area contributed by atoms with Crippen LogP contribution in [0.4, 0.5) is 0 Å². The molecule has 0 amide bonds. The van der Waals surface area contributed by atoms with Crippen LogP contribution in [0.3, 0.4) is 0 Å². The van der Waals surface area contributed by atoms with Gasteiger partial charge in [-0.1, -0.05) is 32.6 Å². The van der Waals surface area contributed by atoms with Crippen LogP contribution in [0.5, 0.6) is 0 Å². The molecule has 1 heteroatoms. The Morgan fingerprint density at radius 1 is 1.36 bits per heavy atom. The Balaban J connectivity index is 2.01. The van der Waals surface area contributed by atoms with Crippen LogP contribution in [0, 0.1) is 5.92 Å². The number of aliphatic hydroxyl groups is 1. The molecule has 1 saturated carbocycles. The fraction of sp³-hybridized carbons (Fsp3) is 1.00. The first kappa shape index (κ1) is 9.05. The van der Waals surface area contributed by atoms with E-state index in [1.807, 2.05) is 0 Å². The third-order valence-corrected chi connectivity index (χ3v) is 2.85. The normalized spacial score (nSPS) is 22.4. The summed E-state index contributed by atoms with van der Waals surface area (Å²) >= 11 is 0. The van der Waals surface area contributed by atoms with Gasteiger partial charge < -0.3 is 5.11 Å². The zero-order valence-electron chi connectivity index (χ0n) is 7.55. The maximum Gasteiger partial charge on any atom is 0.0537 e. The van der Waals surface area contributed by atoms with E-state index in [4.69, 9.17) is 0 Å². The van der Waals surface area contributed by atoms with Gasteiger partial charge in [-0.3, -0.25) is 0 Å². The Hall–Kier alpha value is -0.0400. The molecule has 1 unspecified atom stereocenters. The highest BCUT2D eigenvalue weighted by Crippen LogP contribution is 2.29. The summed E-state index contributed by atoms with van der Waals surface area (Å²) in [5.41, 5.74) is 0. The topological polar surface area (TPSA) is 20.2 Å². The molecule has 0 aromatic rings. The van der Waals surface area contributed by atoms with Crippen LogP contribution in [0.2, 0.25) is 0 Å². The highest BCUT2D eigenvalue weighted by atomic mass is 16.3. The molecule has 1 rings (SSSR count). The monoisotopic (exact) mass is 156 g/mol. The Morgan fingerprint density at radius 3 is 2.55 bits per heavy atom. The summed E-state index contributed by atoms with van der Waals surface area (Å²) in [5, 5.41) is 9.32. The SMILES string of the molecule is CCC(O)CCC1CCCC1. The van der Waals surface area contributed by atoms with Crippen molar-refractivity contribution in [1.82, 2.24) is 0 Å². The van der Waals surface area contributed by atoms with Crippen molar-refractivity contribution in [2.75, 3.05) is 0 Å². The van der Waals surface area contributed by atoms with Crippen LogP contribution < -0.4 is 0 Å². The number of hydrogen-bond donors (Lipinski definition) is 1. The Labute approximate surface area is 69.8 Å². The van der Waals surface area contributed by atoms with Crippen molar-refractivity contribution in [2.45, 2.75) is 58.0 Å². The first-order chi connectivity index (χ1) is 5.33. The van der Waals surface area contributed by atoms with Gasteiger partial charge >= 0.3 is 0 Å². The predicted octanol–water partition coefficient (Wildman–Crippen LogP) is 2.73. The zero-order chi connectivity index (χ0) is 8.10. The van der Waals surface area contributed by atoms with Crippen molar-refractivity contribution >= 4 is 0 Å². The molecule has 0 heterocycles. The molecule has 11 heavy (non-hydrogen) atoms. The molecule has 1 nitrogen and oxygen atoms in total. The van der Waals surface area contributed by atoms with E-state index >= 15 is 0 Å². The van der Waals surface area contributed by atoms with Gasteiger partial charge in [0.2, 0.25) is 0 Å². The zero-order valence-corrected chi connectivity index (χ0v) is 7.55. The smallest absolute Gasteiger partial charge is 0.0537 e. The maximum absolute atomic E-state index is 9.32. The van der Waals surface area contributed by atoms with E-state index in [1.54, 1.807) is 0 Å². The van der Waals surface area contributed by atoms with Crippen LogP contribution in [-0.2, 0) is 0 Å². The van der Waals surface area contributed by atoms with Crippen LogP contribution >= 0.6 is 0 Å². The van der Waals surface area contributed by atoms with Crippen molar-refractivity contribution in [3.63, 3.8) is 0 Å². The largest absolute Gasteiger partial charge is 0.393 e. The van der Waals surface area contributed by atoms with Crippen LogP contribution in [-0.4, -0.2) is 11.2 Å². The highest BCUT2D eigenvalue weighted by molar-refractivity contribution is 4.68. The molecule has 1 aliphatic carbocycles. The summed E-state index contributed by atoms with van der Waals surface area (Å²) in [4.78, 5) is 0. The lowest BCUT2D eigenvalue weighted by Crippen LogP contribution is -2.06. The van der Waals surface area contributed by atoms with Gasteiger partial charge in [0.1, 0.15) is 0 Å². The van der Waals surface area contributed by atoms with Gasteiger partial charge in [0.05, 0.1) is 6.10 Å². The summed E-state index contributed by atoms with van der Waals surface area (Å²) in [6.07, 6.45) is 8.85. The van der Waals surface area contributed by atoms with Crippen LogP contribution in [0.15, 0.2) is 0 Å². The van der Waals surface area contributed by atoms with Crippen molar-refractivity contribution in [3.05, 3.63) is 0 Å². The van der Waals surface area contributed by atoms with E-state index in [0.717, 1.165) is 18.8 Å². The molecular weight excluding hydrogens is 136 g/mol. The molecule has 1 fully saturated rings. The van der Waals surface area contributed by atoms with E-state index < -0.39 is 0 Å². The summed E-state index contributed by atoms with van der Waals surface area (Å²) in [5.74, 6) is 0.941. The number of rotatable bonds is 4. The summed E-state index contributed by atoms with van der Waals surface area (Å²) in [6, 6.07) is 0. The first-order valence-electron chi connectivity index (χ1n) is 5.01. The van der Waals surface area contributed by atoms with Crippen LogP contribution in [0.25, 0.3) is 0 Å². The van der Waals surface area contributed by atoms with Crippen molar-refractivity contribution in [1.29, 1.82) is 0 Å². The molecule has 0 bridgehead atoms. The van der Waals surface area contributed by atoms with E-state index in [1.165, 1.54) is 32.1 Å². The minimum atomic E-state index is -0.0319. The molecule has 66 valence electrons. The third kappa shape index (κ3) is 3.24.